The lowest BCUT2D eigenvalue weighted by Gasteiger charge is -2.25. The molecular formula is C22H23FN2O6. The average Bonchev–Trinajstić information content (AvgIpc) is 3.05. The average molecular weight is 430 g/mol. The summed E-state index contributed by atoms with van der Waals surface area (Å²) >= 11 is 0. The van der Waals surface area contributed by atoms with Crippen molar-refractivity contribution in [3.05, 3.63) is 53.3 Å². The number of aliphatic hydroxyl groups is 1. The minimum atomic E-state index is -1.45. The van der Waals surface area contributed by atoms with Gasteiger partial charge in [-0.05, 0) is 57.2 Å². The van der Waals surface area contributed by atoms with E-state index in [4.69, 9.17) is 20.6 Å². The molecule has 0 fully saturated rings. The van der Waals surface area contributed by atoms with Crippen LogP contribution in [0.5, 0.6) is 5.75 Å². The first-order chi connectivity index (χ1) is 14.5. The van der Waals surface area contributed by atoms with Gasteiger partial charge >= 0.3 is 12.1 Å². The largest absolute Gasteiger partial charge is 0.491 e. The highest BCUT2D eigenvalue weighted by molar-refractivity contribution is 6.11. The summed E-state index contributed by atoms with van der Waals surface area (Å²) in [6.45, 7) is 5.02. The molecule has 0 aliphatic rings. The van der Waals surface area contributed by atoms with E-state index in [0.717, 1.165) is 0 Å². The van der Waals surface area contributed by atoms with Crippen LogP contribution in [-0.4, -0.2) is 29.8 Å². The Hall–Kier alpha value is -3.43. The predicted molar refractivity (Wildman–Crippen MR) is 111 cm³/mol. The van der Waals surface area contributed by atoms with Crippen LogP contribution in [0.3, 0.4) is 0 Å². The van der Waals surface area contributed by atoms with Crippen LogP contribution in [0.25, 0.3) is 22.3 Å². The van der Waals surface area contributed by atoms with Gasteiger partial charge in [-0.2, -0.15) is 0 Å². The Balaban J connectivity index is 2.34. The third kappa shape index (κ3) is 4.52. The van der Waals surface area contributed by atoms with Crippen molar-refractivity contribution in [2.75, 3.05) is 6.54 Å². The van der Waals surface area contributed by atoms with Crippen molar-refractivity contribution in [2.24, 2.45) is 11.5 Å². The second-order valence-electron chi connectivity index (χ2n) is 7.51. The van der Waals surface area contributed by atoms with Crippen molar-refractivity contribution in [2.45, 2.75) is 32.5 Å². The van der Waals surface area contributed by atoms with Gasteiger partial charge < -0.3 is 30.5 Å². The van der Waals surface area contributed by atoms with Gasteiger partial charge in [0, 0.05) is 23.1 Å². The fraction of sp³-hybridized carbons (Fsp3) is 0.273. The van der Waals surface area contributed by atoms with Gasteiger partial charge in [-0.25, -0.2) is 14.0 Å². The second kappa shape index (κ2) is 8.37. The maximum atomic E-state index is 13.4. The Bertz CT molecular complexity index is 1140. The number of rotatable bonds is 6. The van der Waals surface area contributed by atoms with Gasteiger partial charge in [0.2, 0.25) is 0 Å². The van der Waals surface area contributed by atoms with E-state index in [1.165, 1.54) is 43.3 Å². The number of hydrogen-bond acceptors (Lipinski definition) is 7. The monoisotopic (exact) mass is 430 g/mol. The number of carbonyl (C=O) groups is 2. The zero-order valence-corrected chi connectivity index (χ0v) is 17.3. The molecule has 0 spiro atoms. The highest BCUT2D eigenvalue weighted by Gasteiger charge is 2.31. The van der Waals surface area contributed by atoms with Crippen molar-refractivity contribution in [1.29, 1.82) is 0 Å². The highest BCUT2D eigenvalue weighted by atomic mass is 19.1. The number of furan rings is 1. The summed E-state index contributed by atoms with van der Waals surface area (Å²) in [4.78, 5) is 23.9. The molecule has 1 unspecified atom stereocenters. The molecule has 5 N–H and O–H groups in total. The van der Waals surface area contributed by atoms with Gasteiger partial charge in [0.1, 0.15) is 34.1 Å². The zero-order valence-electron chi connectivity index (χ0n) is 17.3. The quantitative estimate of drug-likeness (QED) is 0.402. The maximum absolute atomic E-state index is 13.4. The molecule has 3 rings (SSSR count). The normalized spacial score (nSPS) is 13.3. The number of primary amides is 1. The molecule has 164 valence electrons. The molecule has 2 aromatic carbocycles. The molecule has 0 radical (unpaired) electrons. The standard InChI is InChI=1S/C22H23FN2O6/c1-11(2)29-17-8-14-16(9-15(17)22(3,28)10-24)30-19(12-4-6-13(23)7-5-12)18(14)20(26)31-21(25)27/h4-9,11,28H,10,24H2,1-3H3,(H2,25,27). The zero-order chi connectivity index (χ0) is 22.9. The number of benzene rings is 2. The van der Waals surface area contributed by atoms with Crippen LogP contribution < -0.4 is 16.2 Å². The molecule has 1 heterocycles. The molecular weight excluding hydrogens is 407 g/mol. The van der Waals surface area contributed by atoms with E-state index in [1.807, 2.05) is 0 Å². The summed E-state index contributed by atoms with van der Waals surface area (Å²) in [5.74, 6) is -1.20. The topological polar surface area (TPSA) is 138 Å². The fourth-order valence-electron chi connectivity index (χ4n) is 3.15. The number of ether oxygens (including phenoxy) is 2. The Morgan fingerprint density at radius 2 is 1.87 bits per heavy atom. The number of fused-ring (bicyclic) bond motifs is 1. The lowest BCUT2D eigenvalue weighted by atomic mass is 9.93. The molecule has 0 saturated heterocycles. The Kier molecular flexibility index (Phi) is 6.01. The molecule has 0 aliphatic heterocycles. The van der Waals surface area contributed by atoms with E-state index in [1.54, 1.807) is 13.8 Å². The molecule has 0 saturated carbocycles. The van der Waals surface area contributed by atoms with Crippen LogP contribution in [0.2, 0.25) is 0 Å². The van der Waals surface area contributed by atoms with Crippen LogP contribution in [0.1, 0.15) is 36.7 Å². The van der Waals surface area contributed by atoms with Crippen LogP contribution in [-0.2, 0) is 10.3 Å². The number of nitrogens with two attached hydrogens (primary N) is 2. The Morgan fingerprint density at radius 3 is 2.42 bits per heavy atom. The smallest absolute Gasteiger partial charge is 0.412 e. The molecule has 0 bridgehead atoms. The van der Waals surface area contributed by atoms with E-state index in [2.05, 4.69) is 4.74 Å². The highest BCUT2D eigenvalue weighted by Crippen LogP contribution is 2.40. The number of amides is 1. The van der Waals surface area contributed by atoms with Crippen molar-refractivity contribution in [1.82, 2.24) is 0 Å². The van der Waals surface area contributed by atoms with E-state index in [0.29, 0.717) is 11.1 Å². The number of carbonyl (C=O) groups excluding carboxylic acids is 2. The molecule has 9 heteroatoms. The van der Waals surface area contributed by atoms with Crippen LogP contribution >= 0.6 is 0 Å². The predicted octanol–water partition coefficient (Wildman–Crippen LogP) is 3.43. The van der Waals surface area contributed by atoms with E-state index < -0.39 is 23.5 Å². The lowest BCUT2D eigenvalue weighted by Crippen LogP contribution is -2.32. The van der Waals surface area contributed by atoms with Crippen LogP contribution in [0, 0.1) is 5.82 Å². The molecule has 0 aliphatic carbocycles. The number of hydrogen-bond donors (Lipinski definition) is 3. The first kappa shape index (κ1) is 22.3. The minimum Gasteiger partial charge on any atom is -0.491 e. The van der Waals surface area contributed by atoms with E-state index in [9.17, 15) is 19.1 Å². The minimum absolute atomic E-state index is 0.0429. The van der Waals surface area contributed by atoms with Crippen molar-refractivity contribution in [3.8, 4) is 17.1 Å². The van der Waals surface area contributed by atoms with Crippen LogP contribution in [0.15, 0.2) is 40.8 Å². The number of esters is 1. The molecule has 31 heavy (non-hydrogen) atoms. The summed E-state index contributed by atoms with van der Waals surface area (Å²) < 4.78 is 29.7. The first-order valence-electron chi connectivity index (χ1n) is 9.51. The SMILES string of the molecule is CC(C)Oc1cc2c(C(=O)OC(N)=O)c(-c3ccc(F)cc3)oc2cc1C(C)(O)CN. The van der Waals surface area contributed by atoms with Crippen molar-refractivity contribution < 1.29 is 33.0 Å². The van der Waals surface area contributed by atoms with Gasteiger partial charge in [-0.15, -0.1) is 0 Å². The Morgan fingerprint density at radius 1 is 1.23 bits per heavy atom. The van der Waals surface area contributed by atoms with Gasteiger partial charge in [0.15, 0.2) is 0 Å². The van der Waals surface area contributed by atoms with Crippen LogP contribution in [0.4, 0.5) is 9.18 Å². The summed E-state index contributed by atoms with van der Waals surface area (Å²) in [7, 11) is 0. The molecule has 1 aromatic heterocycles. The first-order valence-corrected chi connectivity index (χ1v) is 9.51. The van der Waals surface area contributed by atoms with Gasteiger partial charge in [0.25, 0.3) is 0 Å². The number of halogens is 1. The lowest BCUT2D eigenvalue weighted by molar-refractivity contribution is 0.0618. The summed E-state index contributed by atoms with van der Waals surface area (Å²) in [5.41, 5.74) is 10.1. The second-order valence-corrected chi connectivity index (χ2v) is 7.51. The molecule has 3 aromatic rings. The summed E-state index contributed by atoms with van der Waals surface area (Å²) in [5, 5.41) is 11.0. The molecule has 8 nitrogen and oxygen atoms in total. The van der Waals surface area contributed by atoms with Crippen molar-refractivity contribution in [3.63, 3.8) is 0 Å². The summed E-state index contributed by atoms with van der Waals surface area (Å²) in [6.07, 6.45) is -1.54. The molecule has 1 amide bonds. The van der Waals surface area contributed by atoms with Crippen molar-refractivity contribution >= 4 is 23.0 Å². The Labute approximate surface area is 177 Å². The van der Waals surface area contributed by atoms with Gasteiger partial charge in [-0.3, -0.25) is 0 Å². The summed E-state index contributed by atoms with van der Waals surface area (Å²) in [6, 6.07) is 8.23. The third-order valence-corrected chi connectivity index (χ3v) is 4.63. The third-order valence-electron chi connectivity index (χ3n) is 4.63. The fourth-order valence-corrected chi connectivity index (χ4v) is 3.15. The maximum Gasteiger partial charge on any atom is 0.412 e. The van der Waals surface area contributed by atoms with Gasteiger partial charge in [-0.1, -0.05) is 0 Å². The van der Waals surface area contributed by atoms with E-state index in [-0.39, 0.29) is 40.7 Å². The van der Waals surface area contributed by atoms with Gasteiger partial charge in [0.05, 0.1) is 6.10 Å². The molecule has 1 atom stereocenters. The van der Waals surface area contributed by atoms with E-state index >= 15 is 0 Å².